The van der Waals surface area contributed by atoms with E-state index >= 15 is 0 Å². The highest BCUT2D eigenvalue weighted by atomic mass is 32.1. The van der Waals surface area contributed by atoms with Gasteiger partial charge in [0, 0.05) is 31.6 Å². The molecule has 2 aromatic rings. The lowest BCUT2D eigenvalue weighted by Gasteiger charge is -2.29. The van der Waals surface area contributed by atoms with E-state index in [4.69, 9.17) is 10.1 Å². The van der Waals surface area contributed by atoms with Gasteiger partial charge in [-0.05, 0) is 37.2 Å². The summed E-state index contributed by atoms with van der Waals surface area (Å²) in [6.45, 7) is 3.49. The minimum atomic E-state index is -0.770. The van der Waals surface area contributed by atoms with Crippen LogP contribution in [0, 0.1) is 0 Å². The fraction of sp³-hybridized carbons (Fsp3) is 0.444. The summed E-state index contributed by atoms with van der Waals surface area (Å²) in [6.07, 6.45) is 1.07. The Bertz CT molecular complexity index is 727. The zero-order valence-electron chi connectivity index (χ0n) is 14.2. The summed E-state index contributed by atoms with van der Waals surface area (Å²) < 4.78 is 0. The van der Waals surface area contributed by atoms with Crippen LogP contribution in [0.3, 0.4) is 0 Å². The van der Waals surface area contributed by atoms with Gasteiger partial charge in [0.15, 0.2) is 0 Å². The van der Waals surface area contributed by atoms with Crippen molar-refractivity contribution in [1.82, 2.24) is 14.8 Å². The summed E-state index contributed by atoms with van der Waals surface area (Å²) in [5, 5.41) is 12.4. The van der Waals surface area contributed by atoms with Crippen molar-refractivity contribution in [3.63, 3.8) is 0 Å². The Morgan fingerprint density at radius 3 is 3.00 bits per heavy atom. The molecule has 0 bridgehead atoms. The molecule has 0 spiro atoms. The molecule has 0 unspecified atom stereocenters. The number of nitrogens with zero attached hydrogens (tertiary/aromatic N) is 3. The first-order chi connectivity index (χ1) is 11.5. The number of rotatable bonds is 6. The molecular formula is C18H23N3O2S. The third-order valence-corrected chi connectivity index (χ3v) is 5.11. The fourth-order valence-electron chi connectivity index (χ4n) is 3.16. The normalized spacial score (nSPS) is 14.8. The molecule has 2 heterocycles. The van der Waals surface area contributed by atoms with Crippen LogP contribution < -0.4 is 0 Å². The van der Waals surface area contributed by atoms with Crippen molar-refractivity contribution in [2.75, 3.05) is 20.6 Å². The van der Waals surface area contributed by atoms with Gasteiger partial charge >= 0.3 is 5.97 Å². The first-order valence-corrected chi connectivity index (χ1v) is 9.01. The number of benzene rings is 1. The number of carbonyl (C=O) groups is 1. The van der Waals surface area contributed by atoms with Gasteiger partial charge in [0.2, 0.25) is 0 Å². The van der Waals surface area contributed by atoms with Crippen molar-refractivity contribution >= 4 is 17.3 Å². The topological polar surface area (TPSA) is 56.7 Å². The molecule has 6 heteroatoms. The monoisotopic (exact) mass is 345 g/mol. The van der Waals surface area contributed by atoms with E-state index in [0.717, 1.165) is 48.9 Å². The summed E-state index contributed by atoms with van der Waals surface area (Å²) in [6, 6.07) is 6.03. The van der Waals surface area contributed by atoms with Gasteiger partial charge in [-0.15, -0.1) is 11.3 Å². The number of fused-ring (bicyclic) bond motifs is 1. The van der Waals surface area contributed by atoms with Gasteiger partial charge in [0.05, 0.1) is 12.1 Å². The van der Waals surface area contributed by atoms with Crippen LogP contribution >= 0.6 is 11.3 Å². The molecule has 0 atom stereocenters. The van der Waals surface area contributed by atoms with E-state index in [1.807, 2.05) is 26.2 Å². The molecule has 0 fully saturated rings. The quantitative estimate of drug-likeness (QED) is 0.871. The van der Waals surface area contributed by atoms with Gasteiger partial charge in [0.1, 0.15) is 5.01 Å². The average Bonchev–Trinajstić information content (AvgIpc) is 2.93. The van der Waals surface area contributed by atoms with Gasteiger partial charge in [0.25, 0.3) is 0 Å². The van der Waals surface area contributed by atoms with Crippen LogP contribution in [0.1, 0.15) is 27.4 Å². The number of aliphatic carboxylic acids is 1. The number of hydrogen-bond donors (Lipinski definition) is 1. The van der Waals surface area contributed by atoms with Crippen LogP contribution in [-0.4, -0.2) is 46.5 Å². The third-order valence-electron chi connectivity index (χ3n) is 4.23. The molecule has 0 aliphatic carbocycles. The first kappa shape index (κ1) is 17.1. The first-order valence-electron chi connectivity index (χ1n) is 8.13. The van der Waals surface area contributed by atoms with Crippen LogP contribution in [-0.2, 0) is 37.3 Å². The van der Waals surface area contributed by atoms with Crippen LogP contribution in [0.15, 0.2) is 23.6 Å². The number of thiazole rings is 1. The molecule has 128 valence electrons. The van der Waals surface area contributed by atoms with E-state index in [9.17, 15) is 4.79 Å². The second-order valence-corrected chi connectivity index (χ2v) is 7.50. The lowest BCUT2D eigenvalue weighted by atomic mass is 9.93. The second kappa shape index (κ2) is 7.42. The van der Waals surface area contributed by atoms with Crippen molar-refractivity contribution in [3.05, 3.63) is 51.0 Å². The zero-order valence-corrected chi connectivity index (χ0v) is 15.0. The lowest BCUT2D eigenvalue weighted by Crippen LogP contribution is -2.31. The molecule has 0 saturated carbocycles. The Morgan fingerprint density at radius 1 is 1.42 bits per heavy atom. The zero-order chi connectivity index (χ0) is 17.1. The third kappa shape index (κ3) is 4.20. The van der Waals surface area contributed by atoms with Gasteiger partial charge in [-0.2, -0.15) is 0 Å². The van der Waals surface area contributed by atoms with Crippen LogP contribution in [0.4, 0.5) is 0 Å². The highest BCUT2D eigenvalue weighted by Crippen LogP contribution is 2.25. The maximum atomic E-state index is 11.1. The van der Waals surface area contributed by atoms with Gasteiger partial charge in [-0.1, -0.05) is 18.2 Å². The number of carboxylic acid groups (broad SMARTS) is 1. The largest absolute Gasteiger partial charge is 0.481 e. The molecule has 0 amide bonds. The van der Waals surface area contributed by atoms with E-state index in [1.165, 1.54) is 11.1 Å². The van der Waals surface area contributed by atoms with Crippen molar-refractivity contribution in [2.24, 2.45) is 0 Å². The SMILES string of the molecule is CN(C)Cc1nc(CN2CCc3cccc(CC(=O)O)c3C2)cs1. The maximum absolute atomic E-state index is 11.1. The molecule has 5 nitrogen and oxygen atoms in total. The molecule has 1 aromatic carbocycles. The predicted molar refractivity (Wildman–Crippen MR) is 95.1 cm³/mol. The highest BCUT2D eigenvalue weighted by molar-refractivity contribution is 7.09. The van der Waals surface area contributed by atoms with Crippen molar-refractivity contribution in [2.45, 2.75) is 32.5 Å². The molecule has 1 aliphatic rings. The standard InChI is InChI=1S/C18H23N3O2S/c1-20(2)11-17-19-15(12-24-17)9-21-7-6-13-4-3-5-14(8-18(22)23)16(13)10-21/h3-5,12H,6-11H2,1-2H3,(H,22,23). The Labute approximate surface area is 146 Å². The maximum Gasteiger partial charge on any atom is 0.307 e. The smallest absolute Gasteiger partial charge is 0.307 e. The molecule has 1 N–H and O–H groups in total. The van der Waals surface area contributed by atoms with E-state index in [-0.39, 0.29) is 6.42 Å². The van der Waals surface area contributed by atoms with E-state index in [2.05, 4.69) is 21.2 Å². The molecule has 1 aromatic heterocycles. The molecule has 3 rings (SSSR count). The van der Waals surface area contributed by atoms with Crippen molar-refractivity contribution in [1.29, 1.82) is 0 Å². The van der Waals surface area contributed by atoms with E-state index in [1.54, 1.807) is 11.3 Å². The van der Waals surface area contributed by atoms with E-state index < -0.39 is 5.97 Å². The van der Waals surface area contributed by atoms with Gasteiger partial charge in [-0.25, -0.2) is 4.98 Å². The van der Waals surface area contributed by atoms with Crippen LogP contribution in [0.5, 0.6) is 0 Å². The Kier molecular flexibility index (Phi) is 5.28. The summed E-state index contributed by atoms with van der Waals surface area (Å²) >= 11 is 1.71. The van der Waals surface area contributed by atoms with Crippen LogP contribution in [0.25, 0.3) is 0 Å². The van der Waals surface area contributed by atoms with Gasteiger partial charge in [-0.3, -0.25) is 9.69 Å². The van der Waals surface area contributed by atoms with Crippen molar-refractivity contribution in [3.8, 4) is 0 Å². The molecule has 0 saturated heterocycles. The lowest BCUT2D eigenvalue weighted by molar-refractivity contribution is -0.136. The predicted octanol–water partition coefficient (Wildman–Crippen LogP) is 2.39. The Balaban J connectivity index is 1.70. The Morgan fingerprint density at radius 2 is 2.25 bits per heavy atom. The second-order valence-electron chi connectivity index (χ2n) is 6.56. The summed E-state index contributed by atoms with van der Waals surface area (Å²) in [5.74, 6) is -0.770. The highest BCUT2D eigenvalue weighted by Gasteiger charge is 2.20. The molecule has 0 radical (unpaired) electrons. The van der Waals surface area contributed by atoms with E-state index in [0.29, 0.717) is 0 Å². The number of carboxylic acids is 1. The Hall–Kier alpha value is -1.76. The van der Waals surface area contributed by atoms with Gasteiger partial charge < -0.3 is 10.0 Å². The summed E-state index contributed by atoms with van der Waals surface area (Å²) in [5.41, 5.74) is 4.53. The average molecular weight is 345 g/mol. The number of aromatic nitrogens is 1. The molecule has 1 aliphatic heterocycles. The fourth-order valence-corrected chi connectivity index (χ4v) is 4.07. The van der Waals surface area contributed by atoms with Crippen molar-refractivity contribution < 1.29 is 9.90 Å². The molecule has 24 heavy (non-hydrogen) atoms. The minimum absolute atomic E-state index is 0.0979. The van der Waals surface area contributed by atoms with Crippen LogP contribution in [0.2, 0.25) is 0 Å². The minimum Gasteiger partial charge on any atom is -0.481 e. The summed E-state index contributed by atoms with van der Waals surface area (Å²) in [7, 11) is 4.10. The summed E-state index contributed by atoms with van der Waals surface area (Å²) in [4.78, 5) is 20.3. The number of hydrogen-bond acceptors (Lipinski definition) is 5. The molecular weight excluding hydrogens is 322 g/mol.